The fourth-order valence-corrected chi connectivity index (χ4v) is 1.69. The van der Waals surface area contributed by atoms with Gasteiger partial charge in [-0.2, -0.15) is 0 Å². The quantitative estimate of drug-likeness (QED) is 0.466. The van der Waals surface area contributed by atoms with Crippen LogP contribution in [0.2, 0.25) is 0 Å². The van der Waals surface area contributed by atoms with Crippen molar-refractivity contribution in [1.82, 2.24) is 9.99 Å². The summed E-state index contributed by atoms with van der Waals surface area (Å²) in [6.07, 6.45) is 7.94. The van der Waals surface area contributed by atoms with Crippen LogP contribution >= 0.6 is 0 Å². The topological polar surface area (TPSA) is 54.5 Å². The summed E-state index contributed by atoms with van der Waals surface area (Å²) in [6, 6.07) is 3.98. The minimum Gasteiger partial charge on any atom is -0.268 e. The molecule has 0 aliphatic rings. The second-order valence-corrected chi connectivity index (χ2v) is 4.71. The lowest BCUT2D eigenvalue weighted by Gasteiger charge is -2.16. The van der Waals surface area contributed by atoms with Crippen molar-refractivity contribution >= 4 is 5.71 Å². The standard InChI is InChI=1S/C15H24N4/c1-4-5-6-9-17-14(3)11-19(16)12-15-13(2)8-7-10-18-15/h6-10H,4-5,11-12,16H2,1-3H3/b9-6-,17-14?. The van der Waals surface area contributed by atoms with E-state index in [1.165, 1.54) is 0 Å². The first-order chi connectivity index (χ1) is 9.13. The normalized spacial score (nSPS) is 12.6. The highest BCUT2D eigenvalue weighted by Crippen LogP contribution is 2.05. The van der Waals surface area contributed by atoms with Crippen LogP contribution in [0, 0.1) is 6.92 Å². The summed E-state index contributed by atoms with van der Waals surface area (Å²) in [5.74, 6) is 5.99. The monoisotopic (exact) mass is 260 g/mol. The molecule has 0 aromatic carbocycles. The number of hydrogen-bond acceptors (Lipinski definition) is 4. The van der Waals surface area contributed by atoms with Gasteiger partial charge in [0, 0.05) is 18.1 Å². The predicted octanol–water partition coefficient (Wildman–Crippen LogP) is 2.84. The fraction of sp³-hybridized carbons (Fsp3) is 0.467. The first kappa shape index (κ1) is 15.5. The van der Waals surface area contributed by atoms with Gasteiger partial charge in [-0.1, -0.05) is 25.5 Å². The Bertz CT molecular complexity index is 438. The lowest BCUT2D eigenvalue weighted by Crippen LogP contribution is -2.35. The molecule has 0 amide bonds. The number of hydrogen-bond donors (Lipinski definition) is 1. The Morgan fingerprint density at radius 3 is 3.00 bits per heavy atom. The summed E-state index contributed by atoms with van der Waals surface area (Å²) < 4.78 is 0. The molecule has 19 heavy (non-hydrogen) atoms. The average Bonchev–Trinajstić information content (AvgIpc) is 2.37. The van der Waals surface area contributed by atoms with E-state index in [2.05, 4.69) is 23.0 Å². The Morgan fingerprint density at radius 1 is 1.53 bits per heavy atom. The maximum Gasteiger partial charge on any atom is 0.0587 e. The maximum atomic E-state index is 5.99. The van der Waals surface area contributed by atoms with Crippen LogP contribution in [0.25, 0.3) is 0 Å². The number of aromatic nitrogens is 1. The molecule has 0 bridgehead atoms. The van der Waals surface area contributed by atoms with Gasteiger partial charge in [0.25, 0.3) is 0 Å². The molecule has 0 spiro atoms. The van der Waals surface area contributed by atoms with E-state index in [9.17, 15) is 0 Å². The molecule has 0 saturated carbocycles. The molecule has 0 saturated heterocycles. The number of nitrogens with two attached hydrogens (primary N) is 1. The zero-order valence-electron chi connectivity index (χ0n) is 12.1. The van der Waals surface area contributed by atoms with Gasteiger partial charge in [-0.25, -0.2) is 5.01 Å². The summed E-state index contributed by atoms with van der Waals surface area (Å²) in [6.45, 7) is 7.47. The van der Waals surface area contributed by atoms with Crippen LogP contribution in [0.1, 0.15) is 37.9 Å². The van der Waals surface area contributed by atoms with E-state index < -0.39 is 0 Å². The molecular weight excluding hydrogens is 236 g/mol. The van der Waals surface area contributed by atoms with Gasteiger partial charge < -0.3 is 0 Å². The number of rotatable bonds is 7. The van der Waals surface area contributed by atoms with E-state index >= 15 is 0 Å². The molecule has 104 valence electrons. The van der Waals surface area contributed by atoms with Gasteiger partial charge in [0.05, 0.1) is 18.8 Å². The maximum absolute atomic E-state index is 5.99. The molecule has 0 radical (unpaired) electrons. The van der Waals surface area contributed by atoms with E-state index in [1.807, 2.05) is 32.2 Å². The molecule has 0 aliphatic carbocycles. The highest BCUT2D eigenvalue weighted by molar-refractivity contribution is 5.84. The van der Waals surface area contributed by atoms with Crippen molar-refractivity contribution in [2.24, 2.45) is 10.8 Å². The minimum absolute atomic E-state index is 0.637. The molecule has 0 unspecified atom stereocenters. The highest BCUT2D eigenvalue weighted by Gasteiger charge is 2.05. The van der Waals surface area contributed by atoms with Crippen LogP contribution < -0.4 is 5.84 Å². The molecule has 1 rings (SSSR count). The number of unbranched alkanes of at least 4 members (excludes halogenated alkanes) is 1. The van der Waals surface area contributed by atoms with Gasteiger partial charge in [0.15, 0.2) is 0 Å². The van der Waals surface area contributed by atoms with Crippen molar-refractivity contribution in [3.05, 3.63) is 41.9 Å². The first-order valence-corrected chi connectivity index (χ1v) is 6.72. The molecular formula is C15H24N4. The average molecular weight is 260 g/mol. The minimum atomic E-state index is 0.637. The Hall–Kier alpha value is -1.52. The molecule has 4 nitrogen and oxygen atoms in total. The molecule has 0 atom stereocenters. The van der Waals surface area contributed by atoms with Crippen molar-refractivity contribution in [3.8, 4) is 0 Å². The lowest BCUT2D eigenvalue weighted by atomic mass is 10.2. The second-order valence-electron chi connectivity index (χ2n) is 4.71. The molecule has 1 aromatic rings. The van der Waals surface area contributed by atoms with E-state index in [-0.39, 0.29) is 0 Å². The summed E-state index contributed by atoms with van der Waals surface area (Å²) >= 11 is 0. The van der Waals surface area contributed by atoms with Gasteiger partial charge in [-0.15, -0.1) is 0 Å². The van der Waals surface area contributed by atoms with Crippen LogP contribution in [0.5, 0.6) is 0 Å². The van der Waals surface area contributed by atoms with Crippen molar-refractivity contribution in [2.45, 2.75) is 40.2 Å². The van der Waals surface area contributed by atoms with Gasteiger partial charge in [-0.05, 0) is 31.9 Å². The zero-order valence-corrected chi connectivity index (χ0v) is 12.1. The number of aliphatic imine (C=N–C) groups is 1. The van der Waals surface area contributed by atoms with E-state index in [1.54, 1.807) is 11.2 Å². The SMILES string of the molecule is CCC/C=C\N=C(C)CN(N)Cc1ncccc1C. The lowest BCUT2D eigenvalue weighted by molar-refractivity contribution is 0.310. The molecule has 1 heterocycles. The van der Waals surface area contributed by atoms with E-state index in [0.717, 1.165) is 29.8 Å². The van der Waals surface area contributed by atoms with Gasteiger partial charge in [0.1, 0.15) is 0 Å². The Labute approximate surface area is 116 Å². The largest absolute Gasteiger partial charge is 0.268 e. The predicted molar refractivity (Wildman–Crippen MR) is 80.7 cm³/mol. The number of aryl methyl sites for hydroxylation is 1. The van der Waals surface area contributed by atoms with Crippen LogP contribution in [0.15, 0.2) is 35.6 Å². The van der Waals surface area contributed by atoms with Gasteiger partial charge in [-0.3, -0.25) is 15.8 Å². The molecule has 2 N–H and O–H groups in total. The fourth-order valence-electron chi connectivity index (χ4n) is 1.69. The van der Waals surface area contributed by atoms with Gasteiger partial charge >= 0.3 is 0 Å². The molecule has 0 aliphatic heterocycles. The Morgan fingerprint density at radius 2 is 2.32 bits per heavy atom. The van der Waals surface area contributed by atoms with Gasteiger partial charge in [0.2, 0.25) is 0 Å². The van der Waals surface area contributed by atoms with Crippen molar-refractivity contribution in [2.75, 3.05) is 6.54 Å². The summed E-state index contributed by atoms with van der Waals surface area (Å²) in [7, 11) is 0. The van der Waals surface area contributed by atoms with Crippen molar-refractivity contribution < 1.29 is 0 Å². The third-order valence-corrected chi connectivity index (χ3v) is 2.76. The number of allylic oxidation sites excluding steroid dienone is 1. The third kappa shape index (κ3) is 6.27. The van der Waals surface area contributed by atoms with Crippen LogP contribution in [0.3, 0.4) is 0 Å². The van der Waals surface area contributed by atoms with E-state index in [0.29, 0.717) is 13.1 Å². The van der Waals surface area contributed by atoms with E-state index in [4.69, 9.17) is 5.84 Å². The van der Waals surface area contributed by atoms with Crippen molar-refractivity contribution in [3.63, 3.8) is 0 Å². The Balaban J connectivity index is 2.47. The number of nitrogens with zero attached hydrogens (tertiary/aromatic N) is 3. The summed E-state index contributed by atoms with van der Waals surface area (Å²) in [4.78, 5) is 8.70. The summed E-state index contributed by atoms with van der Waals surface area (Å²) in [5.41, 5.74) is 3.18. The van der Waals surface area contributed by atoms with Crippen LogP contribution in [0.4, 0.5) is 0 Å². The van der Waals surface area contributed by atoms with Crippen molar-refractivity contribution in [1.29, 1.82) is 0 Å². The zero-order chi connectivity index (χ0) is 14.1. The summed E-state index contributed by atoms with van der Waals surface area (Å²) in [5, 5.41) is 1.74. The third-order valence-electron chi connectivity index (χ3n) is 2.76. The second kappa shape index (κ2) is 8.56. The van der Waals surface area contributed by atoms with Crippen LogP contribution in [-0.2, 0) is 6.54 Å². The molecule has 0 fully saturated rings. The first-order valence-electron chi connectivity index (χ1n) is 6.72. The highest BCUT2D eigenvalue weighted by atomic mass is 15.4. The smallest absolute Gasteiger partial charge is 0.0587 e. The van der Waals surface area contributed by atoms with Crippen LogP contribution in [-0.4, -0.2) is 22.2 Å². The molecule has 4 heteroatoms. The Kier molecular flexibility index (Phi) is 7.00. The number of pyridine rings is 1. The number of hydrazine groups is 1. The molecule has 1 aromatic heterocycles.